The van der Waals surface area contributed by atoms with Gasteiger partial charge < -0.3 is 14.0 Å². The number of aromatic nitrogens is 2. The summed E-state index contributed by atoms with van der Waals surface area (Å²) < 4.78 is 38.8. The fourth-order valence-corrected chi connectivity index (χ4v) is 4.78. The SMILES string of the molecule is CCN(CC)S(=O)(=O)c1ccc2c(c1)nc(CCC(=O)OCC(=O)OC(C)C)n2CC. The molecule has 0 unspecified atom stereocenters. The Bertz CT molecular complexity index is 1030. The van der Waals surface area contributed by atoms with Gasteiger partial charge in [0.05, 0.1) is 28.5 Å². The molecule has 0 N–H and O–H groups in total. The highest BCUT2D eigenvalue weighted by Crippen LogP contribution is 2.23. The zero-order valence-corrected chi connectivity index (χ0v) is 19.6. The summed E-state index contributed by atoms with van der Waals surface area (Å²) in [5.41, 5.74) is 1.35. The average molecular weight is 454 g/mol. The maximum atomic E-state index is 12.8. The van der Waals surface area contributed by atoms with E-state index in [9.17, 15) is 18.0 Å². The number of carbonyl (C=O) groups is 2. The minimum Gasteiger partial charge on any atom is -0.460 e. The van der Waals surface area contributed by atoms with Gasteiger partial charge in [0.25, 0.3) is 0 Å². The summed E-state index contributed by atoms with van der Waals surface area (Å²) >= 11 is 0. The van der Waals surface area contributed by atoms with Crippen LogP contribution >= 0.6 is 0 Å². The van der Waals surface area contributed by atoms with E-state index in [0.717, 1.165) is 5.52 Å². The van der Waals surface area contributed by atoms with Crippen molar-refractivity contribution in [2.45, 2.75) is 65.0 Å². The minimum absolute atomic E-state index is 0.0445. The lowest BCUT2D eigenvalue weighted by Crippen LogP contribution is -2.30. The van der Waals surface area contributed by atoms with Crippen molar-refractivity contribution in [2.24, 2.45) is 0 Å². The molecule has 2 rings (SSSR count). The van der Waals surface area contributed by atoms with Gasteiger partial charge in [0.2, 0.25) is 10.0 Å². The number of hydrogen-bond acceptors (Lipinski definition) is 7. The van der Waals surface area contributed by atoms with Crippen LogP contribution in [0.5, 0.6) is 0 Å². The maximum Gasteiger partial charge on any atom is 0.344 e. The normalized spacial score (nSPS) is 12.0. The molecule has 2 aromatic rings. The van der Waals surface area contributed by atoms with Crippen LogP contribution in [0, 0.1) is 0 Å². The van der Waals surface area contributed by atoms with Gasteiger partial charge in [0, 0.05) is 26.1 Å². The van der Waals surface area contributed by atoms with Crippen molar-refractivity contribution in [2.75, 3.05) is 19.7 Å². The lowest BCUT2D eigenvalue weighted by Gasteiger charge is -2.18. The third-order valence-corrected chi connectivity index (χ3v) is 6.77. The Morgan fingerprint density at radius 3 is 2.39 bits per heavy atom. The summed E-state index contributed by atoms with van der Waals surface area (Å²) in [5.74, 6) is -0.470. The molecule has 0 spiro atoms. The van der Waals surface area contributed by atoms with Crippen LogP contribution in [0.1, 0.15) is 46.9 Å². The number of aryl methyl sites for hydroxylation is 2. The molecule has 1 aromatic carbocycles. The third-order valence-electron chi connectivity index (χ3n) is 4.73. The van der Waals surface area contributed by atoms with E-state index in [0.29, 0.717) is 37.4 Å². The topological polar surface area (TPSA) is 108 Å². The molecule has 0 aliphatic rings. The summed E-state index contributed by atoms with van der Waals surface area (Å²) in [6.45, 7) is 9.94. The van der Waals surface area contributed by atoms with E-state index in [2.05, 4.69) is 4.98 Å². The Kier molecular flexibility index (Phi) is 8.58. The number of esters is 2. The standard InChI is InChI=1S/C21H31N3O6S/c1-6-23(7-2)31(27,28)16-9-10-18-17(13-16)22-19(24(18)8-3)11-12-20(25)29-14-21(26)30-15(4)5/h9-10,13,15H,6-8,11-12,14H2,1-5H3. The molecular formula is C21H31N3O6S. The molecule has 1 aromatic heterocycles. The molecule has 0 saturated carbocycles. The Hall–Kier alpha value is -2.46. The summed E-state index contributed by atoms with van der Waals surface area (Å²) in [4.78, 5) is 28.2. The van der Waals surface area contributed by atoms with Crippen molar-refractivity contribution in [3.63, 3.8) is 0 Å². The first kappa shape index (κ1) is 24.8. The molecule has 172 valence electrons. The van der Waals surface area contributed by atoms with Crippen LogP contribution in [0.4, 0.5) is 0 Å². The van der Waals surface area contributed by atoms with Crippen LogP contribution in [0.15, 0.2) is 23.1 Å². The summed E-state index contributed by atoms with van der Waals surface area (Å²) in [5, 5.41) is 0. The number of imidazole rings is 1. The molecule has 0 aliphatic heterocycles. The van der Waals surface area contributed by atoms with Crippen LogP contribution in [-0.2, 0) is 42.1 Å². The smallest absolute Gasteiger partial charge is 0.344 e. The van der Waals surface area contributed by atoms with Gasteiger partial charge in [-0.15, -0.1) is 0 Å². The zero-order chi connectivity index (χ0) is 23.2. The van der Waals surface area contributed by atoms with E-state index >= 15 is 0 Å². The highest BCUT2D eigenvalue weighted by molar-refractivity contribution is 7.89. The van der Waals surface area contributed by atoms with Gasteiger partial charge in [-0.2, -0.15) is 4.31 Å². The lowest BCUT2D eigenvalue weighted by atomic mass is 10.3. The molecule has 9 nitrogen and oxygen atoms in total. The molecule has 0 amide bonds. The van der Waals surface area contributed by atoms with Crippen LogP contribution in [-0.4, -0.2) is 60.0 Å². The Labute approximate surface area is 183 Å². The number of carbonyl (C=O) groups excluding carboxylic acids is 2. The van der Waals surface area contributed by atoms with Crippen molar-refractivity contribution in [1.82, 2.24) is 13.9 Å². The van der Waals surface area contributed by atoms with Gasteiger partial charge >= 0.3 is 11.9 Å². The van der Waals surface area contributed by atoms with Gasteiger partial charge in [0.15, 0.2) is 6.61 Å². The first-order chi connectivity index (χ1) is 14.6. The molecular weight excluding hydrogens is 422 g/mol. The second kappa shape index (κ2) is 10.7. The van der Waals surface area contributed by atoms with Gasteiger partial charge in [-0.25, -0.2) is 18.2 Å². The number of ether oxygens (including phenoxy) is 2. The molecule has 0 saturated heterocycles. The molecule has 31 heavy (non-hydrogen) atoms. The predicted octanol–water partition coefficient (Wildman–Crippen LogP) is 2.51. The Balaban J connectivity index is 2.16. The Morgan fingerprint density at radius 2 is 1.81 bits per heavy atom. The van der Waals surface area contributed by atoms with Crippen molar-refractivity contribution in [3.8, 4) is 0 Å². The van der Waals surface area contributed by atoms with Crippen LogP contribution in [0.25, 0.3) is 11.0 Å². The van der Waals surface area contributed by atoms with Crippen molar-refractivity contribution in [1.29, 1.82) is 0 Å². The quantitative estimate of drug-likeness (QED) is 0.481. The Morgan fingerprint density at radius 1 is 1.13 bits per heavy atom. The van der Waals surface area contributed by atoms with E-state index in [1.165, 1.54) is 4.31 Å². The minimum atomic E-state index is -3.59. The number of hydrogen-bond donors (Lipinski definition) is 0. The average Bonchev–Trinajstić information content (AvgIpc) is 3.07. The largest absolute Gasteiger partial charge is 0.460 e. The molecule has 0 aliphatic carbocycles. The number of nitrogens with zero attached hydrogens (tertiary/aromatic N) is 3. The number of fused-ring (bicyclic) bond motifs is 1. The van der Waals surface area contributed by atoms with Gasteiger partial charge in [0.1, 0.15) is 5.82 Å². The fraction of sp³-hybridized carbons (Fsp3) is 0.571. The predicted molar refractivity (Wildman–Crippen MR) is 116 cm³/mol. The first-order valence-corrected chi connectivity index (χ1v) is 11.9. The molecule has 0 bridgehead atoms. The van der Waals surface area contributed by atoms with Gasteiger partial charge in [-0.1, -0.05) is 13.8 Å². The van der Waals surface area contributed by atoms with E-state index in [4.69, 9.17) is 9.47 Å². The molecule has 0 atom stereocenters. The summed E-state index contributed by atoms with van der Waals surface area (Å²) in [6, 6.07) is 4.90. The second-order valence-corrected chi connectivity index (χ2v) is 9.15. The fourth-order valence-electron chi connectivity index (χ4n) is 3.30. The van der Waals surface area contributed by atoms with Crippen molar-refractivity contribution >= 4 is 33.0 Å². The van der Waals surface area contributed by atoms with E-state index < -0.39 is 28.6 Å². The zero-order valence-electron chi connectivity index (χ0n) is 18.8. The third kappa shape index (κ3) is 6.04. The van der Waals surface area contributed by atoms with Crippen LogP contribution in [0.3, 0.4) is 0 Å². The van der Waals surface area contributed by atoms with Crippen LogP contribution < -0.4 is 0 Å². The van der Waals surface area contributed by atoms with Crippen molar-refractivity contribution in [3.05, 3.63) is 24.0 Å². The highest BCUT2D eigenvalue weighted by atomic mass is 32.2. The maximum absolute atomic E-state index is 12.8. The van der Waals surface area contributed by atoms with Gasteiger partial charge in [-0.05, 0) is 39.0 Å². The summed E-state index contributed by atoms with van der Waals surface area (Å²) in [6.07, 6.45) is 0.0767. The molecule has 0 fully saturated rings. The molecule has 1 heterocycles. The molecule has 10 heteroatoms. The number of rotatable bonds is 11. The monoisotopic (exact) mass is 453 g/mol. The summed E-state index contributed by atoms with van der Waals surface area (Å²) in [7, 11) is -3.59. The van der Waals surface area contributed by atoms with E-state index in [1.54, 1.807) is 45.9 Å². The highest BCUT2D eigenvalue weighted by Gasteiger charge is 2.23. The lowest BCUT2D eigenvalue weighted by molar-refractivity contribution is -0.161. The van der Waals surface area contributed by atoms with Crippen LogP contribution in [0.2, 0.25) is 0 Å². The number of benzene rings is 1. The first-order valence-electron chi connectivity index (χ1n) is 10.5. The van der Waals surface area contributed by atoms with E-state index in [-0.39, 0.29) is 17.4 Å². The molecule has 0 radical (unpaired) electrons. The van der Waals surface area contributed by atoms with E-state index in [1.807, 2.05) is 11.5 Å². The second-order valence-electron chi connectivity index (χ2n) is 7.21. The number of sulfonamides is 1. The van der Waals surface area contributed by atoms with Gasteiger partial charge in [-0.3, -0.25) is 4.79 Å². The van der Waals surface area contributed by atoms with Crippen molar-refractivity contribution < 1.29 is 27.5 Å².